The Kier molecular flexibility index (Phi) is 10.1. The van der Waals surface area contributed by atoms with Gasteiger partial charge in [-0.05, 0) is 59.0 Å². The van der Waals surface area contributed by atoms with Crippen LogP contribution in [0.3, 0.4) is 0 Å². The summed E-state index contributed by atoms with van der Waals surface area (Å²) in [5.74, 6) is 0.376. The largest absolute Gasteiger partial charge is 0.463 e. The molecule has 0 amide bonds. The topological polar surface area (TPSA) is 35.5 Å². The highest BCUT2D eigenvalue weighted by atomic mass is 16.5. The highest BCUT2D eigenvalue weighted by molar-refractivity contribution is 5.83. The molecule has 0 aliphatic rings. The number of allylic oxidation sites excluding steroid dienone is 3. The monoisotopic (exact) mass is 310 g/mol. The molecule has 0 fully saturated rings. The van der Waals surface area contributed by atoms with E-state index in [1.54, 1.807) is 13.2 Å². The van der Waals surface area contributed by atoms with E-state index in [1.165, 1.54) is 12.8 Å². The van der Waals surface area contributed by atoms with Crippen molar-refractivity contribution < 1.29 is 14.3 Å². The number of hydrogen-bond donors (Lipinski definition) is 0. The average molecular weight is 310 g/mol. The average Bonchev–Trinajstić information content (AvgIpc) is 2.44. The Hall–Kier alpha value is -1.09. The lowest BCUT2D eigenvalue weighted by Gasteiger charge is -2.23. The molecule has 22 heavy (non-hydrogen) atoms. The van der Waals surface area contributed by atoms with Crippen LogP contribution in [0.4, 0.5) is 0 Å². The van der Waals surface area contributed by atoms with Gasteiger partial charge < -0.3 is 9.47 Å². The predicted octanol–water partition coefficient (Wildman–Crippen LogP) is 5.06. The predicted molar refractivity (Wildman–Crippen MR) is 92.9 cm³/mol. The number of carbonyl (C=O) groups is 1. The third kappa shape index (κ3) is 9.78. The molecule has 0 aromatic carbocycles. The van der Waals surface area contributed by atoms with Gasteiger partial charge in [-0.3, -0.25) is 0 Å². The first-order chi connectivity index (χ1) is 10.2. The second-order valence-corrected chi connectivity index (χ2v) is 6.66. The summed E-state index contributed by atoms with van der Waals surface area (Å²) >= 11 is 0. The van der Waals surface area contributed by atoms with Crippen LogP contribution in [-0.2, 0) is 14.3 Å². The molecule has 0 aliphatic heterocycles. The van der Waals surface area contributed by atoms with Crippen molar-refractivity contribution >= 4 is 5.97 Å². The Morgan fingerprint density at radius 3 is 2.41 bits per heavy atom. The first kappa shape index (κ1) is 20.9. The van der Waals surface area contributed by atoms with E-state index >= 15 is 0 Å². The summed E-state index contributed by atoms with van der Waals surface area (Å²) in [6.07, 6.45) is 8.27. The molecule has 0 bridgehead atoms. The summed E-state index contributed by atoms with van der Waals surface area (Å²) < 4.78 is 10.4. The molecule has 128 valence electrons. The molecule has 3 nitrogen and oxygen atoms in total. The van der Waals surface area contributed by atoms with Gasteiger partial charge in [0.1, 0.15) is 0 Å². The van der Waals surface area contributed by atoms with E-state index in [4.69, 9.17) is 9.47 Å². The van der Waals surface area contributed by atoms with E-state index < -0.39 is 0 Å². The van der Waals surface area contributed by atoms with Gasteiger partial charge in [0.2, 0.25) is 0 Å². The molecule has 0 saturated carbocycles. The minimum absolute atomic E-state index is 0.0234. The van der Waals surface area contributed by atoms with Crippen LogP contribution in [0.2, 0.25) is 0 Å². The fourth-order valence-electron chi connectivity index (χ4n) is 2.11. The Balaban J connectivity index is 4.25. The van der Waals surface area contributed by atoms with Crippen LogP contribution in [0.1, 0.15) is 67.2 Å². The number of hydrogen-bond acceptors (Lipinski definition) is 3. The zero-order valence-corrected chi connectivity index (χ0v) is 15.5. The molecule has 0 saturated heterocycles. The van der Waals surface area contributed by atoms with Crippen molar-refractivity contribution in [2.45, 2.75) is 72.8 Å². The second-order valence-electron chi connectivity index (χ2n) is 6.66. The van der Waals surface area contributed by atoms with Crippen LogP contribution in [0, 0.1) is 5.92 Å². The van der Waals surface area contributed by atoms with Gasteiger partial charge in [-0.1, -0.05) is 31.4 Å². The molecule has 1 atom stereocenters. The molecule has 0 aromatic rings. The van der Waals surface area contributed by atoms with Crippen LogP contribution in [0.15, 0.2) is 23.3 Å². The van der Waals surface area contributed by atoms with Crippen molar-refractivity contribution in [2.75, 3.05) is 13.7 Å². The Morgan fingerprint density at radius 2 is 1.86 bits per heavy atom. The van der Waals surface area contributed by atoms with E-state index in [9.17, 15) is 4.79 Å². The molecule has 0 aliphatic carbocycles. The lowest BCUT2D eigenvalue weighted by atomic mass is 9.94. The maximum absolute atomic E-state index is 11.4. The normalized spacial score (nSPS) is 14.9. The molecule has 3 heteroatoms. The summed E-state index contributed by atoms with van der Waals surface area (Å²) in [6.45, 7) is 12.8. The van der Waals surface area contributed by atoms with Crippen molar-refractivity contribution in [3.8, 4) is 0 Å². The summed E-state index contributed by atoms with van der Waals surface area (Å²) in [4.78, 5) is 11.4. The fourth-order valence-corrected chi connectivity index (χ4v) is 2.11. The first-order valence-electron chi connectivity index (χ1n) is 8.29. The van der Waals surface area contributed by atoms with Crippen LogP contribution >= 0.6 is 0 Å². The third-order valence-corrected chi connectivity index (χ3v) is 4.10. The molecule has 0 radical (unpaired) electrons. The third-order valence-electron chi connectivity index (χ3n) is 4.10. The highest BCUT2D eigenvalue weighted by Crippen LogP contribution is 2.21. The maximum atomic E-state index is 11.4. The standard InChI is InChI=1S/C19H34O3/c1-8-22-18(20)14-17(4)16(3)12-11-15(2)10-9-13-19(5,6)21-7/h12,14-15H,8-11,13H2,1-7H3. The van der Waals surface area contributed by atoms with Crippen LogP contribution < -0.4 is 0 Å². The SMILES string of the molecule is CCOC(=O)C=C(C)C(C)=CCC(C)CCCC(C)(C)OC. The van der Waals surface area contributed by atoms with E-state index in [1.807, 2.05) is 20.8 Å². The van der Waals surface area contributed by atoms with Gasteiger partial charge in [0.15, 0.2) is 0 Å². The quantitative estimate of drug-likeness (QED) is 0.321. The highest BCUT2D eigenvalue weighted by Gasteiger charge is 2.15. The Labute approximate surface area is 136 Å². The summed E-state index contributed by atoms with van der Waals surface area (Å²) in [6, 6.07) is 0. The number of esters is 1. The number of rotatable bonds is 10. The Bertz CT molecular complexity index is 391. The molecule has 0 aromatic heterocycles. The minimum atomic E-state index is -0.261. The lowest BCUT2D eigenvalue weighted by molar-refractivity contribution is -0.137. The van der Waals surface area contributed by atoms with E-state index in [-0.39, 0.29) is 11.6 Å². The lowest BCUT2D eigenvalue weighted by Crippen LogP contribution is -2.22. The van der Waals surface area contributed by atoms with E-state index in [2.05, 4.69) is 26.8 Å². The van der Waals surface area contributed by atoms with Crippen molar-refractivity contribution in [2.24, 2.45) is 5.92 Å². The minimum Gasteiger partial charge on any atom is -0.463 e. The molecule has 1 unspecified atom stereocenters. The van der Waals surface area contributed by atoms with Crippen molar-refractivity contribution in [1.82, 2.24) is 0 Å². The molecule has 0 heterocycles. The zero-order chi connectivity index (χ0) is 17.2. The van der Waals surface area contributed by atoms with Gasteiger partial charge in [-0.15, -0.1) is 0 Å². The molecular weight excluding hydrogens is 276 g/mol. The van der Waals surface area contributed by atoms with Gasteiger partial charge in [-0.25, -0.2) is 4.79 Å². The fraction of sp³-hybridized carbons (Fsp3) is 0.737. The van der Waals surface area contributed by atoms with Gasteiger partial charge in [0.05, 0.1) is 12.2 Å². The molecule has 0 rings (SSSR count). The summed E-state index contributed by atoms with van der Waals surface area (Å²) in [7, 11) is 1.77. The van der Waals surface area contributed by atoms with Crippen molar-refractivity contribution in [1.29, 1.82) is 0 Å². The van der Waals surface area contributed by atoms with Gasteiger partial charge in [0.25, 0.3) is 0 Å². The van der Waals surface area contributed by atoms with Crippen LogP contribution in [0.5, 0.6) is 0 Å². The molecule has 0 N–H and O–H groups in total. The Morgan fingerprint density at radius 1 is 1.23 bits per heavy atom. The second kappa shape index (κ2) is 10.6. The maximum Gasteiger partial charge on any atom is 0.331 e. The van der Waals surface area contributed by atoms with Crippen LogP contribution in [0.25, 0.3) is 0 Å². The van der Waals surface area contributed by atoms with Gasteiger partial charge in [0, 0.05) is 13.2 Å². The van der Waals surface area contributed by atoms with Crippen molar-refractivity contribution in [3.63, 3.8) is 0 Å². The molecule has 0 spiro atoms. The van der Waals surface area contributed by atoms with E-state index in [0.29, 0.717) is 12.5 Å². The number of methoxy groups -OCH3 is 1. The van der Waals surface area contributed by atoms with Gasteiger partial charge >= 0.3 is 5.97 Å². The zero-order valence-electron chi connectivity index (χ0n) is 15.5. The van der Waals surface area contributed by atoms with Crippen LogP contribution in [-0.4, -0.2) is 25.3 Å². The van der Waals surface area contributed by atoms with E-state index in [0.717, 1.165) is 24.0 Å². The summed E-state index contributed by atoms with van der Waals surface area (Å²) in [5, 5.41) is 0. The van der Waals surface area contributed by atoms with Gasteiger partial charge in [-0.2, -0.15) is 0 Å². The molecular formula is C19H34O3. The van der Waals surface area contributed by atoms with Crippen molar-refractivity contribution in [3.05, 3.63) is 23.3 Å². The number of ether oxygens (including phenoxy) is 2. The summed E-state index contributed by atoms with van der Waals surface area (Å²) in [5.41, 5.74) is 2.10. The number of carbonyl (C=O) groups excluding carboxylic acids is 1. The first-order valence-corrected chi connectivity index (χ1v) is 8.29. The smallest absolute Gasteiger partial charge is 0.331 e.